The average molecular weight is 456 g/mol. The van der Waals surface area contributed by atoms with Crippen LogP contribution in [0.5, 0.6) is 5.75 Å². The van der Waals surface area contributed by atoms with Gasteiger partial charge in [-0.05, 0) is 35.9 Å². The molecule has 1 aliphatic heterocycles. The van der Waals surface area contributed by atoms with Crippen LogP contribution < -0.4 is 10.3 Å². The Balaban J connectivity index is 1.64. The van der Waals surface area contributed by atoms with Crippen LogP contribution in [-0.2, 0) is 23.1 Å². The minimum atomic E-state index is -0.308. The van der Waals surface area contributed by atoms with Crippen LogP contribution in [0.3, 0.4) is 0 Å². The zero-order valence-corrected chi connectivity index (χ0v) is 20.2. The van der Waals surface area contributed by atoms with Crippen molar-refractivity contribution in [2.75, 3.05) is 45.2 Å². The summed E-state index contributed by atoms with van der Waals surface area (Å²) in [4.78, 5) is 20.9. The van der Waals surface area contributed by atoms with Crippen molar-refractivity contribution in [1.82, 2.24) is 14.5 Å². The first-order valence-corrected chi connectivity index (χ1v) is 12.4. The Morgan fingerprint density at radius 1 is 1.31 bits per heavy atom. The van der Waals surface area contributed by atoms with E-state index in [1.165, 1.54) is 5.56 Å². The number of morpholine rings is 1. The van der Waals surface area contributed by atoms with Gasteiger partial charge in [0.15, 0.2) is 5.16 Å². The van der Waals surface area contributed by atoms with Gasteiger partial charge in [0.05, 0.1) is 18.9 Å². The number of ether oxygens (including phenoxy) is 2. The first-order valence-electron chi connectivity index (χ1n) is 11.4. The molecule has 0 bridgehead atoms. The fraction of sp³-hybridized carbons (Fsp3) is 0.520. The zero-order valence-electron chi connectivity index (χ0n) is 19.4. The van der Waals surface area contributed by atoms with E-state index >= 15 is 0 Å². The normalized spacial score (nSPS) is 17.5. The van der Waals surface area contributed by atoms with Crippen molar-refractivity contribution in [2.45, 2.75) is 44.3 Å². The van der Waals surface area contributed by atoms with E-state index in [4.69, 9.17) is 14.5 Å². The second-order valence-corrected chi connectivity index (χ2v) is 10.2. The third-order valence-electron chi connectivity index (χ3n) is 6.14. The van der Waals surface area contributed by atoms with E-state index in [0.717, 1.165) is 72.7 Å². The van der Waals surface area contributed by atoms with Gasteiger partial charge in [-0.15, -0.1) is 6.58 Å². The highest BCUT2D eigenvalue weighted by Crippen LogP contribution is 2.42. The summed E-state index contributed by atoms with van der Waals surface area (Å²) in [5.74, 6) is 1.73. The Kier molecular flexibility index (Phi) is 7.08. The van der Waals surface area contributed by atoms with Crippen LogP contribution in [0.1, 0.15) is 31.9 Å². The maximum Gasteiger partial charge on any atom is 0.258 e. The number of hydrogen-bond donors (Lipinski definition) is 0. The maximum atomic E-state index is 13.5. The molecule has 2 aliphatic rings. The van der Waals surface area contributed by atoms with E-state index in [-0.39, 0.29) is 11.0 Å². The molecular weight excluding hydrogens is 422 g/mol. The maximum absolute atomic E-state index is 13.5. The molecule has 1 fully saturated rings. The van der Waals surface area contributed by atoms with Gasteiger partial charge in [-0.2, -0.15) is 0 Å². The SMILES string of the molecule is C=CCn1c(SCC)nc2c(c1=O)C(C)(C)Cc1cc(OCCN3CCOCC3)ccc1-2. The second kappa shape index (κ2) is 9.81. The van der Waals surface area contributed by atoms with Gasteiger partial charge < -0.3 is 9.47 Å². The summed E-state index contributed by atoms with van der Waals surface area (Å²) in [6.45, 7) is 15.7. The predicted octanol–water partition coefficient (Wildman–Crippen LogP) is 3.75. The third kappa shape index (κ3) is 4.65. The molecule has 1 aliphatic carbocycles. The lowest BCUT2D eigenvalue weighted by atomic mass is 9.72. The van der Waals surface area contributed by atoms with Crippen LogP contribution in [0.2, 0.25) is 0 Å². The average Bonchev–Trinajstić information content (AvgIpc) is 2.76. The fourth-order valence-electron chi connectivity index (χ4n) is 4.59. The lowest BCUT2D eigenvalue weighted by Gasteiger charge is -2.33. The molecule has 0 N–H and O–H groups in total. The Morgan fingerprint density at radius 2 is 2.09 bits per heavy atom. The summed E-state index contributed by atoms with van der Waals surface area (Å²) in [7, 11) is 0. The summed E-state index contributed by atoms with van der Waals surface area (Å²) >= 11 is 1.60. The Morgan fingerprint density at radius 3 is 2.81 bits per heavy atom. The van der Waals surface area contributed by atoms with Gasteiger partial charge in [0, 0.05) is 42.7 Å². The highest BCUT2D eigenvalue weighted by Gasteiger charge is 2.36. The van der Waals surface area contributed by atoms with E-state index in [0.29, 0.717) is 13.2 Å². The van der Waals surface area contributed by atoms with Crippen molar-refractivity contribution in [3.63, 3.8) is 0 Å². The molecule has 2 aromatic rings. The largest absolute Gasteiger partial charge is 0.492 e. The molecule has 4 rings (SSSR count). The molecule has 32 heavy (non-hydrogen) atoms. The topological polar surface area (TPSA) is 56.6 Å². The van der Waals surface area contributed by atoms with Gasteiger partial charge in [0.2, 0.25) is 0 Å². The minimum Gasteiger partial charge on any atom is -0.492 e. The van der Waals surface area contributed by atoms with Crippen LogP contribution in [-0.4, -0.2) is 59.7 Å². The van der Waals surface area contributed by atoms with Crippen LogP contribution in [0.25, 0.3) is 11.3 Å². The van der Waals surface area contributed by atoms with Crippen molar-refractivity contribution < 1.29 is 9.47 Å². The number of hydrogen-bond acceptors (Lipinski definition) is 6. The summed E-state index contributed by atoms with van der Waals surface area (Å²) in [6, 6.07) is 6.20. The Hall–Kier alpha value is -2.09. The van der Waals surface area contributed by atoms with Crippen LogP contribution in [0, 0.1) is 0 Å². The number of benzene rings is 1. The predicted molar refractivity (Wildman–Crippen MR) is 130 cm³/mol. The van der Waals surface area contributed by atoms with Crippen molar-refractivity contribution in [3.8, 4) is 17.0 Å². The number of thioether (sulfide) groups is 1. The van der Waals surface area contributed by atoms with Gasteiger partial charge in [-0.25, -0.2) is 4.98 Å². The molecule has 0 unspecified atom stereocenters. The first-order chi connectivity index (χ1) is 15.4. The summed E-state index contributed by atoms with van der Waals surface area (Å²) in [6.07, 6.45) is 2.54. The van der Waals surface area contributed by atoms with E-state index in [9.17, 15) is 4.79 Å². The van der Waals surface area contributed by atoms with E-state index in [1.54, 1.807) is 22.4 Å². The molecule has 172 valence electrons. The number of nitrogens with zero attached hydrogens (tertiary/aromatic N) is 3. The van der Waals surface area contributed by atoms with Crippen molar-refractivity contribution in [2.24, 2.45) is 0 Å². The first kappa shape index (κ1) is 23.1. The summed E-state index contributed by atoms with van der Waals surface area (Å²) in [5.41, 5.74) is 3.59. The van der Waals surface area contributed by atoms with E-state index < -0.39 is 0 Å². The Labute approximate surface area is 194 Å². The number of allylic oxidation sites excluding steroid dienone is 1. The van der Waals surface area contributed by atoms with Crippen molar-refractivity contribution >= 4 is 11.8 Å². The molecule has 0 atom stereocenters. The van der Waals surface area contributed by atoms with Crippen molar-refractivity contribution in [3.05, 3.63) is 52.3 Å². The summed E-state index contributed by atoms with van der Waals surface area (Å²) in [5, 5.41) is 0.755. The molecule has 7 heteroatoms. The molecule has 0 radical (unpaired) electrons. The molecular formula is C25H33N3O3S. The number of rotatable bonds is 8. The molecule has 1 aromatic carbocycles. The molecule has 2 heterocycles. The highest BCUT2D eigenvalue weighted by molar-refractivity contribution is 7.99. The van der Waals surface area contributed by atoms with Gasteiger partial charge in [-0.1, -0.05) is 38.6 Å². The number of aromatic nitrogens is 2. The zero-order chi connectivity index (χ0) is 22.7. The third-order valence-corrected chi connectivity index (χ3v) is 7.00. The molecule has 0 saturated carbocycles. The molecule has 0 amide bonds. The van der Waals surface area contributed by atoms with Gasteiger partial charge >= 0.3 is 0 Å². The standard InChI is InChI=1S/C25H33N3O3S/c1-5-9-28-23(29)21-22(26-24(28)32-6-2)20-8-7-19(16-18(20)17-25(21,3)4)31-15-12-27-10-13-30-14-11-27/h5,7-8,16H,1,6,9-15,17H2,2-4H3. The quantitative estimate of drug-likeness (QED) is 0.343. The van der Waals surface area contributed by atoms with Crippen LogP contribution >= 0.6 is 11.8 Å². The smallest absolute Gasteiger partial charge is 0.258 e. The van der Waals surface area contributed by atoms with Crippen molar-refractivity contribution in [1.29, 1.82) is 0 Å². The Bertz CT molecular complexity index is 1040. The monoisotopic (exact) mass is 455 g/mol. The molecule has 1 saturated heterocycles. The fourth-order valence-corrected chi connectivity index (χ4v) is 5.32. The van der Waals surface area contributed by atoms with E-state index in [1.807, 2.05) is 6.07 Å². The summed E-state index contributed by atoms with van der Waals surface area (Å²) < 4.78 is 13.3. The molecule has 1 aromatic heterocycles. The minimum absolute atomic E-state index is 0.0485. The van der Waals surface area contributed by atoms with Gasteiger partial charge in [0.1, 0.15) is 12.4 Å². The lowest BCUT2D eigenvalue weighted by molar-refractivity contribution is 0.0322. The number of fused-ring (bicyclic) bond motifs is 3. The van der Waals surface area contributed by atoms with E-state index in [2.05, 4.69) is 44.4 Å². The molecule has 6 nitrogen and oxygen atoms in total. The lowest BCUT2D eigenvalue weighted by Crippen LogP contribution is -2.38. The second-order valence-electron chi connectivity index (χ2n) is 8.94. The van der Waals surface area contributed by atoms with Crippen LogP contribution in [0.15, 0.2) is 40.8 Å². The van der Waals surface area contributed by atoms with Gasteiger partial charge in [-0.3, -0.25) is 14.3 Å². The van der Waals surface area contributed by atoms with Crippen LogP contribution in [0.4, 0.5) is 0 Å². The van der Waals surface area contributed by atoms with Gasteiger partial charge in [0.25, 0.3) is 5.56 Å². The highest BCUT2D eigenvalue weighted by atomic mass is 32.2. The molecule has 0 spiro atoms.